The fourth-order valence-corrected chi connectivity index (χ4v) is 3.11. The standard InChI is InChI=1S/C16H15BrFNO/c17-14-6-5-12(18)7-11(14)9-19-16-13-4-2-1-3-10(13)8-15(16)20/h1-7,15-16,19-20H,8-9H2/t15-,16+/m0/s1. The van der Waals surface area contributed by atoms with Crippen molar-refractivity contribution in [2.45, 2.75) is 25.1 Å². The van der Waals surface area contributed by atoms with E-state index in [0.29, 0.717) is 13.0 Å². The number of hydrogen-bond acceptors (Lipinski definition) is 2. The summed E-state index contributed by atoms with van der Waals surface area (Å²) in [5.41, 5.74) is 3.16. The van der Waals surface area contributed by atoms with Gasteiger partial charge in [-0.1, -0.05) is 40.2 Å². The second kappa shape index (κ2) is 5.64. The van der Waals surface area contributed by atoms with Gasteiger partial charge in [-0.05, 0) is 34.9 Å². The topological polar surface area (TPSA) is 32.3 Å². The number of aliphatic hydroxyl groups is 1. The highest BCUT2D eigenvalue weighted by atomic mass is 79.9. The third-order valence-corrected chi connectivity index (χ3v) is 4.50. The van der Waals surface area contributed by atoms with Gasteiger partial charge in [-0.25, -0.2) is 4.39 Å². The molecule has 0 bridgehead atoms. The second-order valence-electron chi connectivity index (χ2n) is 5.06. The van der Waals surface area contributed by atoms with Gasteiger partial charge in [0.15, 0.2) is 0 Å². The van der Waals surface area contributed by atoms with Crippen LogP contribution >= 0.6 is 15.9 Å². The molecule has 0 saturated heterocycles. The number of nitrogens with one attached hydrogen (secondary N) is 1. The van der Waals surface area contributed by atoms with E-state index in [0.717, 1.165) is 15.6 Å². The van der Waals surface area contributed by atoms with Crippen LogP contribution in [0.25, 0.3) is 0 Å². The van der Waals surface area contributed by atoms with Crippen LogP contribution in [0.5, 0.6) is 0 Å². The Morgan fingerprint density at radius 2 is 2.05 bits per heavy atom. The number of fused-ring (bicyclic) bond motifs is 1. The van der Waals surface area contributed by atoms with E-state index in [4.69, 9.17) is 0 Å². The molecule has 0 heterocycles. The number of benzene rings is 2. The molecule has 104 valence electrons. The lowest BCUT2D eigenvalue weighted by Crippen LogP contribution is -2.28. The molecular weight excluding hydrogens is 321 g/mol. The first kappa shape index (κ1) is 13.7. The van der Waals surface area contributed by atoms with Crippen molar-refractivity contribution in [3.8, 4) is 0 Å². The minimum absolute atomic E-state index is 0.0960. The van der Waals surface area contributed by atoms with Gasteiger partial charge in [0.1, 0.15) is 5.82 Å². The molecule has 4 heteroatoms. The van der Waals surface area contributed by atoms with Crippen molar-refractivity contribution < 1.29 is 9.50 Å². The zero-order valence-electron chi connectivity index (χ0n) is 10.8. The Hall–Kier alpha value is -1.23. The number of rotatable bonds is 3. The quantitative estimate of drug-likeness (QED) is 0.901. The SMILES string of the molecule is O[C@H]1Cc2ccccc2[C@H]1NCc1cc(F)ccc1Br. The number of halogens is 2. The van der Waals surface area contributed by atoms with Gasteiger partial charge in [0.25, 0.3) is 0 Å². The fraction of sp³-hybridized carbons (Fsp3) is 0.250. The summed E-state index contributed by atoms with van der Waals surface area (Å²) in [6.45, 7) is 0.508. The van der Waals surface area contributed by atoms with Crippen LogP contribution < -0.4 is 5.32 Å². The van der Waals surface area contributed by atoms with E-state index in [1.807, 2.05) is 24.3 Å². The summed E-state index contributed by atoms with van der Waals surface area (Å²) in [4.78, 5) is 0. The molecule has 0 unspecified atom stereocenters. The van der Waals surface area contributed by atoms with E-state index >= 15 is 0 Å². The van der Waals surface area contributed by atoms with Crippen molar-refractivity contribution in [3.05, 3.63) is 69.4 Å². The molecule has 0 radical (unpaired) electrons. The van der Waals surface area contributed by atoms with Crippen molar-refractivity contribution in [2.24, 2.45) is 0 Å². The second-order valence-corrected chi connectivity index (χ2v) is 5.92. The fourth-order valence-electron chi connectivity index (χ4n) is 2.72. The Kier molecular flexibility index (Phi) is 3.87. The Labute approximate surface area is 125 Å². The molecular formula is C16H15BrFNO. The van der Waals surface area contributed by atoms with E-state index in [9.17, 15) is 9.50 Å². The molecule has 1 aliphatic carbocycles. The number of hydrogen-bond donors (Lipinski definition) is 2. The minimum atomic E-state index is -0.431. The summed E-state index contributed by atoms with van der Waals surface area (Å²) in [5, 5.41) is 13.5. The highest BCUT2D eigenvalue weighted by Crippen LogP contribution is 2.31. The summed E-state index contributed by atoms with van der Waals surface area (Å²) < 4.78 is 14.1. The minimum Gasteiger partial charge on any atom is -0.391 e. The summed E-state index contributed by atoms with van der Waals surface area (Å²) in [7, 11) is 0. The van der Waals surface area contributed by atoms with Crippen LogP contribution in [0.3, 0.4) is 0 Å². The van der Waals surface area contributed by atoms with Gasteiger partial charge < -0.3 is 10.4 Å². The van der Waals surface area contributed by atoms with Crippen LogP contribution in [-0.2, 0) is 13.0 Å². The summed E-state index contributed by atoms with van der Waals surface area (Å²) in [6, 6.07) is 12.6. The normalized spacial score (nSPS) is 20.9. The maximum Gasteiger partial charge on any atom is 0.123 e. The third-order valence-electron chi connectivity index (χ3n) is 3.72. The Morgan fingerprint density at radius 3 is 2.90 bits per heavy atom. The lowest BCUT2D eigenvalue weighted by molar-refractivity contribution is 0.140. The molecule has 2 N–H and O–H groups in total. The van der Waals surface area contributed by atoms with Crippen LogP contribution in [0.1, 0.15) is 22.7 Å². The first-order valence-electron chi connectivity index (χ1n) is 6.58. The lowest BCUT2D eigenvalue weighted by atomic mass is 10.1. The van der Waals surface area contributed by atoms with Crippen LogP contribution in [0.15, 0.2) is 46.9 Å². The molecule has 2 aromatic carbocycles. The van der Waals surface area contributed by atoms with Crippen molar-refractivity contribution in [3.63, 3.8) is 0 Å². The largest absolute Gasteiger partial charge is 0.391 e. The Balaban J connectivity index is 1.77. The van der Waals surface area contributed by atoms with Crippen molar-refractivity contribution >= 4 is 15.9 Å². The van der Waals surface area contributed by atoms with Gasteiger partial charge in [0.2, 0.25) is 0 Å². The average Bonchev–Trinajstić information content (AvgIpc) is 2.75. The molecule has 3 rings (SSSR count). The molecule has 1 aliphatic rings. The zero-order valence-corrected chi connectivity index (χ0v) is 12.4. The van der Waals surface area contributed by atoms with Crippen LogP contribution in [0, 0.1) is 5.82 Å². The van der Waals surface area contributed by atoms with Crippen molar-refractivity contribution in [1.29, 1.82) is 0 Å². The molecule has 0 spiro atoms. The first-order valence-corrected chi connectivity index (χ1v) is 7.37. The molecule has 2 nitrogen and oxygen atoms in total. The maximum absolute atomic E-state index is 13.3. The average molecular weight is 336 g/mol. The van der Waals surface area contributed by atoms with Crippen LogP contribution in [-0.4, -0.2) is 11.2 Å². The van der Waals surface area contributed by atoms with Gasteiger partial charge >= 0.3 is 0 Å². The molecule has 2 atom stereocenters. The molecule has 0 aliphatic heterocycles. The van der Waals surface area contributed by atoms with Gasteiger partial charge in [0, 0.05) is 17.4 Å². The van der Waals surface area contributed by atoms with E-state index in [1.165, 1.54) is 17.7 Å². The van der Waals surface area contributed by atoms with E-state index in [1.54, 1.807) is 6.07 Å². The summed E-state index contributed by atoms with van der Waals surface area (Å²) in [6.07, 6.45) is 0.234. The molecule has 0 fully saturated rings. The Bertz CT molecular complexity index is 632. The van der Waals surface area contributed by atoms with Gasteiger partial charge in [0.05, 0.1) is 12.1 Å². The Morgan fingerprint density at radius 1 is 1.25 bits per heavy atom. The highest BCUT2D eigenvalue weighted by molar-refractivity contribution is 9.10. The van der Waals surface area contributed by atoms with E-state index in [2.05, 4.69) is 21.2 Å². The summed E-state index contributed by atoms with van der Waals surface area (Å²) in [5.74, 6) is -0.252. The highest BCUT2D eigenvalue weighted by Gasteiger charge is 2.30. The lowest BCUT2D eigenvalue weighted by Gasteiger charge is -2.18. The van der Waals surface area contributed by atoms with Crippen molar-refractivity contribution in [2.75, 3.05) is 0 Å². The van der Waals surface area contributed by atoms with Crippen LogP contribution in [0.4, 0.5) is 4.39 Å². The predicted octanol–water partition coefficient (Wildman–Crippen LogP) is 3.34. The molecule has 0 aromatic heterocycles. The summed E-state index contributed by atoms with van der Waals surface area (Å²) >= 11 is 3.42. The van der Waals surface area contributed by atoms with Crippen LogP contribution in [0.2, 0.25) is 0 Å². The molecule has 2 aromatic rings. The van der Waals surface area contributed by atoms with Gasteiger partial charge in [-0.3, -0.25) is 0 Å². The van der Waals surface area contributed by atoms with E-state index in [-0.39, 0.29) is 11.9 Å². The maximum atomic E-state index is 13.3. The van der Waals surface area contributed by atoms with Crippen molar-refractivity contribution in [1.82, 2.24) is 5.32 Å². The predicted molar refractivity (Wildman–Crippen MR) is 79.8 cm³/mol. The molecule has 0 saturated carbocycles. The van der Waals surface area contributed by atoms with E-state index < -0.39 is 6.10 Å². The molecule has 0 amide bonds. The third kappa shape index (κ3) is 2.64. The zero-order chi connectivity index (χ0) is 14.1. The smallest absolute Gasteiger partial charge is 0.123 e. The number of aliphatic hydroxyl groups excluding tert-OH is 1. The first-order chi connectivity index (χ1) is 9.65. The van der Waals surface area contributed by atoms with Gasteiger partial charge in [-0.2, -0.15) is 0 Å². The monoisotopic (exact) mass is 335 g/mol. The van der Waals surface area contributed by atoms with Gasteiger partial charge in [-0.15, -0.1) is 0 Å². The molecule has 20 heavy (non-hydrogen) atoms.